The normalized spacial score (nSPS) is 23.6. The molecule has 0 aromatic heterocycles. The Morgan fingerprint density at radius 2 is 1.69 bits per heavy atom. The summed E-state index contributed by atoms with van der Waals surface area (Å²) in [5, 5.41) is 9.90. The lowest BCUT2D eigenvalue weighted by Crippen LogP contribution is -2.45. The van der Waals surface area contributed by atoms with Gasteiger partial charge in [-0.1, -0.05) is 91.6 Å². The van der Waals surface area contributed by atoms with Gasteiger partial charge < -0.3 is 9.84 Å². The molecule has 2 rings (SSSR count). The molecular formula is C22H41NO2S. The van der Waals surface area contributed by atoms with E-state index in [1.807, 2.05) is 43.3 Å². The van der Waals surface area contributed by atoms with E-state index in [9.17, 15) is 5.11 Å². The van der Waals surface area contributed by atoms with E-state index in [0.717, 1.165) is 31.7 Å². The van der Waals surface area contributed by atoms with Crippen LogP contribution in [0.5, 0.6) is 0 Å². The minimum atomic E-state index is -0.638. The molecule has 1 aliphatic heterocycles. The van der Waals surface area contributed by atoms with Gasteiger partial charge in [0.05, 0.1) is 6.10 Å². The summed E-state index contributed by atoms with van der Waals surface area (Å²) in [4.78, 5) is 0. The standard InChI is InChI=1S/C16H25NO2S.C4H10.C2H6/c1-3-14(15-10-9-12(2)16(18)19-15)17(20)11-13-7-5-4-6-8-13;1-4(2)3;1-2/h4-8,12,14-16,18,20H,3,9-11H2,1-2H3;4H,1-3H3;1-2H3. The van der Waals surface area contributed by atoms with Gasteiger partial charge in [0, 0.05) is 18.5 Å². The number of benzene rings is 1. The quantitative estimate of drug-likeness (QED) is 0.618. The highest BCUT2D eigenvalue weighted by Crippen LogP contribution is 2.29. The van der Waals surface area contributed by atoms with E-state index in [1.165, 1.54) is 5.56 Å². The molecule has 1 saturated heterocycles. The van der Waals surface area contributed by atoms with E-state index in [4.69, 9.17) is 4.74 Å². The van der Waals surface area contributed by atoms with Crippen molar-refractivity contribution in [2.24, 2.45) is 11.8 Å². The highest BCUT2D eigenvalue weighted by atomic mass is 32.1. The van der Waals surface area contributed by atoms with E-state index in [2.05, 4.69) is 52.6 Å². The number of nitrogens with zero attached hydrogens (tertiary/aromatic N) is 1. The monoisotopic (exact) mass is 383 g/mol. The van der Waals surface area contributed by atoms with Crippen LogP contribution in [0.25, 0.3) is 0 Å². The molecule has 1 fully saturated rings. The lowest BCUT2D eigenvalue weighted by molar-refractivity contribution is -0.201. The maximum atomic E-state index is 9.90. The number of thiol groups is 1. The Kier molecular flexibility index (Phi) is 14.2. The average Bonchev–Trinajstić information content (AvgIpc) is 2.61. The van der Waals surface area contributed by atoms with Crippen molar-refractivity contribution < 1.29 is 9.84 Å². The van der Waals surface area contributed by atoms with Crippen molar-refractivity contribution in [3.05, 3.63) is 35.9 Å². The van der Waals surface area contributed by atoms with E-state index in [-0.39, 0.29) is 18.1 Å². The van der Waals surface area contributed by atoms with Gasteiger partial charge in [-0.25, -0.2) is 4.31 Å². The highest BCUT2D eigenvalue weighted by molar-refractivity contribution is 7.77. The van der Waals surface area contributed by atoms with Crippen LogP contribution in [0.1, 0.15) is 73.3 Å². The van der Waals surface area contributed by atoms with E-state index in [1.54, 1.807) is 0 Å². The fourth-order valence-electron chi connectivity index (χ4n) is 2.79. The lowest BCUT2D eigenvalue weighted by atomic mass is 9.93. The van der Waals surface area contributed by atoms with Gasteiger partial charge in [0.1, 0.15) is 0 Å². The predicted molar refractivity (Wildman–Crippen MR) is 116 cm³/mol. The molecule has 0 radical (unpaired) electrons. The van der Waals surface area contributed by atoms with Crippen LogP contribution in [-0.4, -0.2) is 27.8 Å². The molecule has 26 heavy (non-hydrogen) atoms. The van der Waals surface area contributed by atoms with Crippen molar-refractivity contribution in [2.75, 3.05) is 0 Å². The minimum Gasteiger partial charge on any atom is -0.368 e. The molecule has 4 unspecified atom stereocenters. The topological polar surface area (TPSA) is 32.7 Å². The van der Waals surface area contributed by atoms with Crippen molar-refractivity contribution in [1.29, 1.82) is 0 Å². The first kappa shape index (κ1) is 25.4. The number of aliphatic hydroxyl groups excluding tert-OH is 1. The second-order valence-electron chi connectivity index (χ2n) is 7.41. The summed E-state index contributed by atoms with van der Waals surface area (Å²) in [6, 6.07) is 10.5. The average molecular weight is 384 g/mol. The number of rotatable bonds is 5. The van der Waals surface area contributed by atoms with Gasteiger partial charge >= 0.3 is 0 Å². The van der Waals surface area contributed by atoms with E-state index >= 15 is 0 Å². The maximum absolute atomic E-state index is 9.90. The summed E-state index contributed by atoms with van der Waals surface area (Å²) in [6.45, 7) is 15.5. The molecule has 0 spiro atoms. The number of ether oxygens (including phenoxy) is 1. The van der Waals surface area contributed by atoms with Crippen LogP contribution in [-0.2, 0) is 11.3 Å². The van der Waals surface area contributed by atoms with Crippen molar-refractivity contribution >= 4 is 12.8 Å². The fraction of sp³-hybridized carbons (Fsp3) is 0.727. The van der Waals surface area contributed by atoms with Gasteiger partial charge in [0.2, 0.25) is 0 Å². The molecular weight excluding hydrogens is 342 g/mol. The predicted octanol–water partition coefficient (Wildman–Crippen LogP) is 5.93. The summed E-state index contributed by atoms with van der Waals surface area (Å²) in [5.74, 6) is 1.06. The van der Waals surface area contributed by atoms with Crippen molar-refractivity contribution in [1.82, 2.24) is 4.31 Å². The second-order valence-corrected chi connectivity index (χ2v) is 7.92. The van der Waals surface area contributed by atoms with Crippen molar-refractivity contribution in [3.8, 4) is 0 Å². The first-order valence-corrected chi connectivity index (χ1v) is 10.6. The third-order valence-corrected chi connectivity index (χ3v) is 4.56. The molecule has 152 valence electrons. The van der Waals surface area contributed by atoms with Crippen LogP contribution in [0, 0.1) is 11.8 Å². The Morgan fingerprint density at radius 3 is 2.15 bits per heavy atom. The molecule has 1 aromatic rings. The first-order valence-electron chi connectivity index (χ1n) is 10.2. The molecule has 4 atom stereocenters. The van der Waals surface area contributed by atoms with Gasteiger partial charge in [0.15, 0.2) is 6.29 Å². The van der Waals surface area contributed by atoms with E-state index in [0.29, 0.717) is 0 Å². The van der Waals surface area contributed by atoms with Gasteiger partial charge in [-0.05, 0) is 30.7 Å². The Bertz CT molecular complexity index is 438. The van der Waals surface area contributed by atoms with Crippen LogP contribution in [0.4, 0.5) is 0 Å². The molecule has 1 aliphatic rings. The number of hydrogen-bond acceptors (Lipinski definition) is 4. The fourth-order valence-corrected chi connectivity index (χ4v) is 3.26. The number of aliphatic hydroxyl groups is 1. The SMILES string of the molecule is CC.CC(C)C.CCC(C1CCC(C)C(O)O1)N(S)Cc1ccccc1. The van der Waals surface area contributed by atoms with E-state index < -0.39 is 6.29 Å². The van der Waals surface area contributed by atoms with Crippen molar-refractivity contribution in [2.45, 2.75) is 92.7 Å². The van der Waals surface area contributed by atoms with Crippen LogP contribution in [0.3, 0.4) is 0 Å². The second kappa shape index (κ2) is 14.5. The molecule has 0 amide bonds. The molecule has 3 nitrogen and oxygen atoms in total. The third kappa shape index (κ3) is 9.96. The molecule has 1 aromatic carbocycles. The molecule has 0 bridgehead atoms. The van der Waals surface area contributed by atoms with Gasteiger partial charge in [-0.2, -0.15) is 0 Å². The zero-order valence-corrected chi connectivity index (χ0v) is 18.7. The highest BCUT2D eigenvalue weighted by Gasteiger charge is 2.33. The van der Waals surface area contributed by atoms with Crippen LogP contribution in [0.15, 0.2) is 30.3 Å². The molecule has 0 saturated carbocycles. The minimum absolute atomic E-state index is 0.0624. The van der Waals surface area contributed by atoms with Crippen LogP contribution in [0.2, 0.25) is 0 Å². The first-order chi connectivity index (χ1) is 12.3. The summed E-state index contributed by atoms with van der Waals surface area (Å²) < 4.78 is 7.82. The number of hydrogen-bond donors (Lipinski definition) is 2. The summed E-state index contributed by atoms with van der Waals surface area (Å²) in [6.07, 6.45) is 2.38. The Hall–Kier alpha value is -0.550. The van der Waals surface area contributed by atoms with Gasteiger partial charge in [0.25, 0.3) is 0 Å². The van der Waals surface area contributed by atoms with Crippen LogP contribution < -0.4 is 0 Å². The Labute approximate surface area is 167 Å². The lowest BCUT2D eigenvalue weighted by Gasteiger charge is -2.39. The zero-order chi connectivity index (χ0) is 20.1. The summed E-state index contributed by atoms with van der Waals surface area (Å²) in [5.41, 5.74) is 1.24. The third-order valence-electron chi connectivity index (χ3n) is 4.13. The van der Waals surface area contributed by atoms with Gasteiger partial charge in [-0.15, -0.1) is 0 Å². The molecule has 4 heteroatoms. The molecule has 0 aliphatic carbocycles. The smallest absolute Gasteiger partial charge is 0.157 e. The maximum Gasteiger partial charge on any atom is 0.157 e. The van der Waals surface area contributed by atoms with Crippen LogP contribution >= 0.6 is 12.8 Å². The van der Waals surface area contributed by atoms with Crippen molar-refractivity contribution in [3.63, 3.8) is 0 Å². The van der Waals surface area contributed by atoms with Gasteiger partial charge in [-0.3, -0.25) is 0 Å². The molecule has 1 N–H and O–H groups in total. The molecule has 1 heterocycles. The summed E-state index contributed by atoms with van der Waals surface area (Å²) in [7, 11) is 0. The Balaban J connectivity index is 0.000000920. The Morgan fingerprint density at radius 1 is 1.15 bits per heavy atom. The largest absolute Gasteiger partial charge is 0.368 e. The zero-order valence-electron chi connectivity index (χ0n) is 17.9. The summed E-state index contributed by atoms with van der Waals surface area (Å²) >= 11 is 4.65.